The maximum absolute atomic E-state index is 13.8. The number of hydrogen-bond donors (Lipinski definition) is 1. The van der Waals surface area contributed by atoms with Gasteiger partial charge in [-0.25, -0.2) is 0 Å². The van der Waals surface area contributed by atoms with Crippen molar-refractivity contribution in [2.75, 3.05) is 38.7 Å². The molecule has 190 valence electrons. The molecule has 1 unspecified atom stereocenters. The number of ether oxygens (including phenoxy) is 1. The number of fused-ring (bicyclic) bond motifs is 1. The van der Waals surface area contributed by atoms with E-state index in [1.807, 2.05) is 6.07 Å². The van der Waals surface area contributed by atoms with Gasteiger partial charge in [-0.3, -0.25) is 4.79 Å². The molecule has 0 aromatic heterocycles. The van der Waals surface area contributed by atoms with Gasteiger partial charge in [0.15, 0.2) is 0 Å². The number of likely N-dealkylation sites (tertiary alicyclic amines) is 1. The van der Waals surface area contributed by atoms with E-state index < -0.39 is 5.41 Å². The lowest BCUT2D eigenvalue weighted by molar-refractivity contribution is -0.119. The lowest BCUT2D eigenvalue weighted by Gasteiger charge is -2.36. The molecule has 2 heterocycles. The summed E-state index contributed by atoms with van der Waals surface area (Å²) in [6, 6.07) is 27.6. The monoisotopic (exact) mass is 504 g/mol. The number of hydrogen-bond acceptors (Lipinski definition) is 3. The van der Waals surface area contributed by atoms with Gasteiger partial charge in [0.1, 0.15) is 5.41 Å². The van der Waals surface area contributed by atoms with E-state index in [0.717, 1.165) is 56.8 Å². The Morgan fingerprint density at radius 3 is 2.33 bits per heavy atom. The van der Waals surface area contributed by atoms with Gasteiger partial charge in [-0.1, -0.05) is 72.8 Å². The first kappa shape index (κ1) is 26.4. The van der Waals surface area contributed by atoms with E-state index in [1.165, 1.54) is 29.5 Å². The Hall–Kier alpha value is -2.66. The fraction of sp³-hybridized carbons (Fsp3) is 0.387. The molecule has 2 aliphatic heterocycles. The quantitative estimate of drug-likeness (QED) is 0.353. The highest BCUT2D eigenvalue weighted by Gasteiger charge is 2.49. The van der Waals surface area contributed by atoms with Gasteiger partial charge in [0, 0.05) is 19.4 Å². The van der Waals surface area contributed by atoms with Crippen LogP contribution in [-0.4, -0.2) is 44.2 Å². The molecule has 0 saturated carbocycles. The molecule has 0 aliphatic carbocycles. The van der Waals surface area contributed by atoms with Crippen LogP contribution in [0.15, 0.2) is 78.9 Å². The Balaban J connectivity index is 0.00000304. The van der Waals surface area contributed by atoms with Crippen LogP contribution in [0, 0.1) is 0 Å². The minimum Gasteiger partial charge on any atom is -0.385 e. The van der Waals surface area contributed by atoms with Crippen molar-refractivity contribution in [1.29, 1.82) is 0 Å². The van der Waals surface area contributed by atoms with Crippen molar-refractivity contribution in [3.8, 4) is 0 Å². The van der Waals surface area contributed by atoms with E-state index >= 15 is 0 Å². The molecular weight excluding hydrogens is 468 g/mol. The number of amides is 1. The standard InChI is InChI=1S/C31H36N2O2.ClH/c1-35-23-9-13-26-12-8-16-28-29(26)31(30(34)32-28,27-14-6-3-7-15-27)19-22-33-20-17-25(18-21-33)24-10-4-2-5-11-24;/h2-8,10-12,14-16,25H,9,13,17-23H2,1H3,(H,32,34);1H. The van der Waals surface area contributed by atoms with E-state index in [4.69, 9.17) is 4.74 Å². The van der Waals surface area contributed by atoms with Crippen LogP contribution in [0.5, 0.6) is 0 Å². The molecule has 5 heteroatoms. The fourth-order valence-electron chi connectivity index (χ4n) is 6.09. The highest BCUT2D eigenvalue weighted by molar-refractivity contribution is 6.09. The molecule has 1 fully saturated rings. The Morgan fingerprint density at radius 1 is 0.944 bits per heavy atom. The van der Waals surface area contributed by atoms with Gasteiger partial charge < -0.3 is 15.0 Å². The van der Waals surface area contributed by atoms with Crippen LogP contribution in [0.4, 0.5) is 5.69 Å². The SMILES string of the molecule is COCCCc1cccc2c1C(CCN1CCC(c3ccccc3)CC1)(c1ccccc1)C(=O)N2.Cl. The van der Waals surface area contributed by atoms with Gasteiger partial charge >= 0.3 is 0 Å². The summed E-state index contributed by atoms with van der Waals surface area (Å²) in [5, 5.41) is 3.25. The van der Waals surface area contributed by atoms with Crippen LogP contribution in [-0.2, 0) is 21.4 Å². The Morgan fingerprint density at radius 2 is 1.64 bits per heavy atom. The molecule has 36 heavy (non-hydrogen) atoms. The van der Waals surface area contributed by atoms with E-state index in [0.29, 0.717) is 5.92 Å². The van der Waals surface area contributed by atoms with Gasteiger partial charge in [0.2, 0.25) is 5.91 Å². The molecule has 0 radical (unpaired) electrons. The third-order valence-corrected chi connectivity index (χ3v) is 7.94. The maximum atomic E-state index is 13.8. The molecule has 0 spiro atoms. The summed E-state index contributed by atoms with van der Waals surface area (Å²) >= 11 is 0. The van der Waals surface area contributed by atoms with Crippen molar-refractivity contribution in [3.63, 3.8) is 0 Å². The number of nitrogens with one attached hydrogen (secondary N) is 1. The van der Waals surface area contributed by atoms with Crippen LogP contribution in [0.25, 0.3) is 0 Å². The fourth-order valence-corrected chi connectivity index (χ4v) is 6.09. The lowest BCUT2D eigenvalue weighted by atomic mass is 9.70. The molecule has 1 amide bonds. The Labute approximate surface area is 221 Å². The molecule has 1 atom stereocenters. The highest BCUT2D eigenvalue weighted by Crippen LogP contribution is 2.47. The average molecular weight is 505 g/mol. The average Bonchev–Trinajstić information content (AvgIpc) is 3.21. The highest BCUT2D eigenvalue weighted by atomic mass is 35.5. The zero-order valence-corrected chi connectivity index (χ0v) is 21.9. The second kappa shape index (κ2) is 12.1. The van der Waals surface area contributed by atoms with E-state index in [9.17, 15) is 4.79 Å². The Kier molecular flexibility index (Phi) is 8.84. The second-order valence-corrected chi connectivity index (χ2v) is 9.94. The largest absolute Gasteiger partial charge is 0.385 e. The predicted molar refractivity (Wildman–Crippen MR) is 149 cm³/mol. The molecule has 2 aliphatic rings. The number of carbonyl (C=O) groups excluding carboxylic acids is 1. The third-order valence-electron chi connectivity index (χ3n) is 7.94. The van der Waals surface area contributed by atoms with Crippen molar-refractivity contribution < 1.29 is 9.53 Å². The van der Waals surface area contributed by atoms with Gasteiger partial charge in [0.05, 0.1) is 0 Å². The molecular formula is C31H37ClN2O2. The van der Waals surface area contributed by atoms with Gasteiger partial charge in [-0.05, 0) is 86.0 Å². The number of methoxy groups -OCH3 is 1. The third kappa shape index (κ3) is 5.22. The van der Waals surface area contributed by atoms with Crippen LogP contribution in [0.3, 0.4) is 0 Å². The van der Waals surface area contributed by atoms with Crippen molar-refractivity contribution in [2.24, 2.45) is 0 Å². The first-order valence-electron chi connectivity index (χ1n) is 13.0. The van der Waals surface area contributed by atoms with E-state index in [1.54, 1.807) is 7.11 Å². The number of halogens is 1. The number of anilines is 1. The smallest absolute Gasteiger partial charge is 0.239 e. The summed E-state index contributed by atoms with van der Waals surface area (Å²) in [5.74, 6) is 0.746. The zero-order valence-electron chi connectivity index (χ0n) is 21.1. The summed E-state index contributed by atoms with van der Waals surface area (Å²) < 4.78 is 5.32. The van der Waals surface area contributed by atoms with Crippen LogP contribution in [0.2, 0.25) is 0 Å². The molecule has 1 N–H and O–H groups in total. The van der Waals surface area contributed by atoms with Crippen LogP contribution in [0.1, 0.15) is 53.9 Å². The first-order valence-corrected chi connectivity index (χ1v) is 13.0. The zero-order chi connectivity index (χ0) is 24.1. The molecule has 0 bridgehead atoms. The van der Waals surface area contributed by atoms with Gasteiger partial charge in [0.25, 0.3) is 0 Å². The van der Waals surface area contributed by atoms with Crippen molar-refractivity contribution in [3.05, 3.63) is 101 Å². The van der Waals surface area contributed by atoms with Crippen LogP contribution >= 0.6 is 12.4 Å². The number of aryl methyl sites for hydroxylation is 1. The minimum atomic E-state index is -0.656. The minimum absolute atomic E-state index is 0. The summed E-state index contributed by atoms with van der Waals surface area (Å²) in [4.78, 5) is 16.3. The summed E-state index contributed by atoms with van der Waals surface area (Å²) in [7, 11) is 1.75. The first-order chi connectivity index (χ1) is 17.2. The molecule has 1 saturated heterocycles. The van der Waals surface area contributed by atoms with Crippen molar-refractivity contribution in [2.45, 2.75) is 43.4 Å². The summed E-state index contributed by atoms with van der Waals surface area (Å²) in [6.45, 7) is 3.79. The maximum Gasteiger partial charge on any atom is 0.239 e. The lowest BCUT2D eigenvalue weighted by Crippen LogP contribution is -2.42. The molecule has 4 nitrogen and oxygen atoms in total. The number of benzene rings is 3. The molecule has 3 aromatic rings. The van der Waals surface area contributed by atoms with Crippen LogP contribution < -0.4 is 5.32 Å². The van der Waals surface area contributed by atoms with Gasteiger partial charge in [-0.2, -0.15) is 0 Å². The summed E-state index contributed by atoms with van der Waals surface area (Å²) in [5.41, 5.74) is 5.29. The number of nitrogens with zero attached hydrogens (tertiary/aromatic N) is 1. The number of rotatable bonds is 9. The molecule has 3 aromatic carbocycles. The van der Waals surface area contributed by atoms with Gasteiger partial charge in [-0.15, -0.1) is 12.4 Å². The van der Waals surface area contributed by atoms with E-state index in [2.05, 4.69) is 83.0 Å². The summed E-state index contributed by atoms with van der Waals surface area (Å²) in [6.07, 6.45) is 4.98. The molecule has 5 rings (SSSR count). The normalized spacial score (nSPS) is 20.0. The Bertz CT molecular complexity index is 1130. The van der Waals surface area contributed by atoms with E-state index in [-0.39, 0.29) is 18.3 Å². The van der Waals surface area contributed by atoms with Crippen molar-refractivity contribution in [1.82, 2.24) is 4.90 Å². The predicted octanol–water partition coefficient (Wildman–Crippen LogP) is 6.20. The number of carbonyl (C=O) groups is 1. The number of piperidine rings is 1. The van der Waals surface area contributed by atoms with Crippen molar-refractivity contribution >= 4 is 24.0 Å². The topological polar surface area (TPSA) is 41.6 Å². The second-order valence-electron chi connectivity index (χ2n) is 9.94.